The number of benzene rings is 4. The van der Waals surface area contributed by atoms with Crippen molar-refractivity contribution >= 4 is 27.5 Å². The first-order valence-electron chi connectivity index (χ1n) is 17.5. The Morgan fingerprint density at radius 1 is 0.863 bits per heavy atom. The van der Waals surface area contributed by atoms with Crippen molar-refractivity contribution in [2.45, 2.75) is 47.0 Å². The SMILES string of the molecule is COc1ccnc(-n2c3[c-]c(Oc4[c-]c(-n5cc(-c6c(C)cc(N7CCCC7)cc6C)cn5)cc(CC(C)C)c4)ccc3c3ccccc32)c1.[Pt+2]. The van der Waals surface area contributed by atoms with Crippen LogP contribution in [-0.4, -0.2) is 39.5 Å². The number of aromatic nitrogens is 4. The van der Waals surface area contributed by atoms with Crippen LogP contribution in [0.4, 0.5) is 5.69 Å². The number of anilines is 1. The summed E-state index contributed by atoms with van der Waals surface area (Å²) in [5.74, 6) is 3.18. The van der Waals surface area contributed by atoms with Crippen LogP contribution in [-0.2, 0) is 27.5 Å². The number of fused-ring (bicyclic) bond motifs is 3. The number of hydrogen-bond donors (Lipinski definition) is 0. The van der Waals surface area contributed by atoms with Gasteiger partial charge in [-0.25, -0.2) is 4.98 Å². The van der Waals surface area contributed by atoms with E-state index in [9.17, 15) is 0 Å². The third-order valence-corrected chi connectivity index (χ3v) is 9.60. The summed E-state index contributed by atoms with van der Waals surface area (Å²) in [6.07, 6.45) is 9.27. The molecule has 0 saturated carbocycles. The average molecular weight is 855 g/mol. The molecule has 0 amide bonds. The molecule has 4 aromatic carbocycles. The maximum Gasteiger partial charge on any atom is 2.00 e. The molecule has 0 bridgehead atoms. The summed E-state index contributed by atoms with van der Waals surface area (Å²) in [6, 6.07) is 32.2. The van der Waals surface area contributed by atoms with Gasteiger partial charge in [0.25, 0.3) is 0 Å². The van der Waals surface area contributed by atoms with Gasteiger partial charge in [0, 0.05) is 59.8 Å². The molecule has 51 heavy (non-hydrogen) atoms. The Balaban J connectivity index is 0.00000406. The van der Waals surface area contributed by atoms with Crippen LogP contribution in [0.15, 0.2) is 91.4 Å². The van der Waals surface area contributed by atoms with Crippen molar-refractivity contribution in [1.29, 1.82) is 0 Å². The molecule has 0 N–H and O–H groups in total. The van der Waals surface area contributed by atoms with Gasteiger partial charge in [0.2, 0.25) is 0 Å². The zero-order valence-electron chi connectivity index (χ0n) is 29.6. The van der Waals surface area contributed by atoms with Crippen LogP contribution in [0.25, 0.3) is 44.4 Å². The molecular formula is C43H41N5O2Pt. The molecule has 0 unspecified atom stereocenters. The molecule has 8 heteroatoms. The van der Waals surface area contributed by atoms with E-state index < -0.39 is 0 Å². The Labute approximate surface area is 314 Å². The van der Waals surface area contributed by atoms with E-state index in [1.807, 2.05) is 35.1 Å². The third-order valence-electron chi connectivity index (χ3n) is 9.60. The fourth-order valence-electron chi connectivity index (χ4n) is 7.43. The molecule has 8 rings (SSSR count). The van der Waals surface area contributed by atoms with E-state index in [-0.39, 0.29) is 21.1 Å². The molecule has 0 aliphatic carbocycles. The first kappa shape index (κ1) is 34.6. The molecule has 4 heterocycles. The van der Waals surface area contributed by atoms with Crippen molar-refractivity contribution in [2.75, 3.05) is 25.1 Å². The van der Waals surface area contributed by atoms with Crippen LogP contribution in [0.3, 0.4) is 0 Å². The van der Waals surface area contributed by atoms with E-state index >= 15 is 0 Å². The van der Waals surface area contributed by atoms with Gasteiger partial charge in [-0.3, -0.25) is 4.68 Å². The quantitative estimate of drug-likeness (QED) is 0.136. The number of rotatable bonds is 9. The van der Waals surface area contributed by atoms with Crippen LogP contribution in [0, 0.1) is 31.9 Å². The first-order valence-corrected chi connectivity index (χ1v) is 17.5. The normalized spacial score (nSPS) is 12.9. The molecule has 0 spiro atoms. The van der Waals surface area contributed by atoms with E-state index in [2.05, 4.69) is 109 Å². The van der Waals surface area contributed by atoms with Gasteiger partial charge in [0.1, 0.15) is 11.6 Å². The summed E-state index contributed by atoms with van der Waals surface area (Å²) < 4.78 is 16.1. The predicted molar refractivity (Wildman–Crippen MR) is 201 cm³/mol. The van der Waals surface area contributed by atoms with E-state index in [0.717, 1.165) is 64.1 Å². The molecule has 0 atom stereocenters. The van der Waals surface area contributed by atoms with Crippen LogP contribution in [0.5, 0.6) is 17.2 Å². The number of hydrogen-bond acceptors (Lipinski definition) is 5. The molecule has 7 nitrogen and oxygen atoms in total. The largest absolute Gasteiger partial charge is 2.00 e. The number of ether oxygens (including phenoxy) is 2. The fourth-order valence-corrected chi connectivity index (χ4v) is 7.43. The minimum Gasteiger partial charge on any atom is -0.509 e. The Hall–Kier alpha value is -4.87. The maximum atomic E-state index is 6.58. The summed E-state index contributed by atoms with van der Waals surface area (Å²) in [6.45, 7) is 11.1. The number of methoxy groups -OCH3 is 1. The second-order valence-electron chi connectivity index (χ2n) is 13.8. The molecule has 7 aromatic rings. The second kappa shape index (κ2) is 14.4. The zero-order valence-corrected chi connectivity index (χ0v) is 31.9. The summed E-state index contributed by atoms with van der Waals surface area (Å²) in [5.41, 5.74) is 10.1. The summed E-state index contributed by atoms with van der Waals surface area (Å²) in [5, 5.41) is 7.02. The predicted octanol–water partition coefficient (Wildman–Crippen LogP) is 9.85. The van der Waals surface area contributed by atoms with Crippen molar-refractivity contribution in [2.24, 2.45) is 5.92 Å². The number of para-hydroxylation sites is 1. The van der Waals surface area contributed by atoms with Gasteiger partial charge in [0.05, 0.1) is 13.3 Å². The maximum absolute atomic E-state index is 6.58. The van der Waals surface area contributed by atoms with E-state index in [0.29, 0.717) is 17.4 Å². The molecule has 1 saturated heterocycles. The average Bonchev–Trinajstić information content (AvgIpc) is 3.88. The molecule has 0 radical (unpaired) electrons. The summed E-state index contributed by atoms with van der Waals surface area (Å²) >= 11 is 0. The number of nitrogens with zero attached hydrogens (tertiary/aromatic N) is 5. The topological polar surface area (TPSA) is 57.3 Å². The van der Waals surface area contributed by atoms with Gasteiger partial charge in [0.15, 0.2) is 0 Å². The van der Waals surface area contributed by atoms with Gasteiger partial charge in [-0.05, 0) is 91.1 Å². The van der Waals surface area contributed by atoms with Crippen molar-refractivity contribution in [3.63, 3.8) is 0 Å². The number of aryl methyl sites for hydroxylation is 2. The minimum absolute atomic E-state index is 0. The fraction of sp³-hybridized carbons (Fsp3) is 0.256. The Kier molecular flexibility index (Phi) is 9.76. The van der Waals surface area contributed by atoms with Gasteiger partial charge in [-0.15, -0.1) is 35.7 Å². The zero-order chi connectivity index (χ0) is 34.4. The van der Waals surface area contributed by atoms with Gasteiger partial charge >= 0.3 is 21.1 Å². The molecule has 3 aromatic heterocycles. The van der Waals surface area contributed by atoms with Crippen LogP contribution >= 0.6 is 0 Å². The van der Waals surface area contributed by atoms with E-state index in [1.54, 1.807) is 13.3 Å². The van der Waals surface area contributed by atoms with Gasteiger partial charge in [-0.2, -0.15) is 16.7 Å². The third kappa shape index (κ3) is 6.80. The number of pyridine rings is 1. The Morgan fingerprint density at radius 2 is 1.65 bits per heavy atom. The van der Waals surface area contributed by atoms with Crippen molar-refractivity contribution in [3.8, 4) is 39.9 Å². The van der Waals surface area contributed by atoms with Crippen molar-refractivity contribution in [3.05, 3.63) is 120 Å². The van der Waals surface area contributed by atoms with Crippen molar-refractivity contribution < 1.29 is 30.5 Å². The minimum atomic E-state index is 0. The smallest absolute Gasteiger partial charge is 0.509 e. The molecule has 1 fully saturated rings. The first-order chi connectivity index (χ1) is 24.3. The van der Waals surface area contributed by atoms with Crippen LogP contribution < -0.4 is 14.4 Å². The Morgan fingerprint density at radius 3 is 2.41 bits per heavy atom. The monoisotopic (exact) mass is 854 g/mol. The van der Waals surface area contributed by atoms with Crippen molar-refractivity contribution in [1.82, 2.24) is 19.3 Å². The van der Waals surface area contributed by atoms with Crippen LogP contribution in [0.1, 0.15) is 43.4 Å². The van der Waals surface area contributed by atoms with Crippen LogP contribution in [0.2, 0.25) is 0 Å². The van der Waals surface area contributed by atoms with Gasteiger partial charge < -0.3 is 18.9 Å². The van der Waals surface area contributed by atoms with E-state index in [1.165, 1.54) is 40.8 Å². The Bertz CT molecular complexity index is 2330. The molecular weight excluding hydrogens is 814 g/mol. The molecule has 260 valence electrons. The van der Waals surface area contributed by atoms with Gasteiger partial charge in [-0.1, -0.05) is 37.6 Å². The molecule has 1 aliphatic heterocycles. The standard InChI is InChI=1S/C43H41N5O2.Pt/c1-28(2)18-31-21-34(47-27-32(26-45-47)43-29(3)19-33(20-30(43)4)46-16-8-9-17-46)23-37(22-31)50-36-12-13-39-38-10-6-7-11-40(38)48(41(39)24-36)42-25-35(49-5)14-15-44-42;/h6-7,10-15,19-22,25-28H,8-9,16-18H2,1-5H3;/q-2;+2. The van der Waals surface area contributed by atoms with E-state index in [4.69, 9.17) is 14.6 Å². The summed E-state index contributed by atoms with van der Waals surface area (Å²) in [4.78, 5) is 7.18. The molecule has 1 aliphatic rings. The summed E-state index contributed by atoms with van der Waals surface area (Å²) in [7, 11) is 1.67. The second-order valence-corrected chi connectivity index (χ2v) is 13.8.